The van der Waals surface area contributed by atoms with Crippen molar-refractivity contribution in [1.82, 2.24) is 5.16 Å². The number of aromatic nitrogens is 1. The molecular formula is C11H9ClFNO4S. The number of hydrogen-bond acceptors (Lipinski definition) is 5. The molecule has 1 aromatic carbocycles. The second-order valence-electron chi connectivity index (χ2n) is 3.77. The van der Waals surface area contributed by atoms with E-state index in [-0.39, 0.29) is 27.1 Å². The molecule has 1 heterocycles. The van der Waals surface area contributed by atoms with Gasteiger partial charge in [-0.3, -0.25) is 0 Å². The van der Waals surface area contributed by atoms with Crippen LogP contribution in [0.2, 0.25) is 5.02 Å². The number of benzene rings is 1. The van der Waals surface area contributed by atoms with Crippen LogP contribution in [-0.4, -0.2) is 13.6 Å². The van der Waals surface area contributed by atoms with Crippen molar-refractivity contribution in [3.63, 3.8) is 0 Å². The first-order chi connectivity index (χ1) is 8.81. The highest BCUT2D eigenvalue weighted by Crippen LogP contribution is 2.29. The lowest BCUT2D eigenvalue weighted by Gasteiger charge is -2.07. The van der Waals surface area contributed by atoms with Crippen molar-refractivity contribution in [2.75, 3.05) is 0 Å². The maximum Gasteiger partial charge on any atom is 0.344 e. The van der Waals surface area contributed by atoms with Gasteiger partial charge in [0.15, 0.2) is 16.4 Å². The zero-order valence-corrected chi connectivity index (χ0v) is 11.5. The van der Waals surface area contributed by atoms with E-state index in [0.29, 0.717) is 0 Å². The Bertz CT molecular complexity index is 707. The minimum atomic E-state index is -4.13. The summed E-state index contributed by atoms with van der Waals surface area (Å²) in [6, 6.07) is 3.14. The number of halogens is 2. The van der Waals surface area contributed by atoms with Crippen LogP contribution in [0.3, 0.4) is 0 Å². The molecule has 0 unspecified atom stereocenters. The van der Waals surface area contributed by atoms with E-state index in [9.17, 15) is 12.8 Å². The Morgan fingerprint density at radius 2 is 2.05 bits per heavy atom. The Kier molecular flexibility index (Phi) is 3.51. The van der Waals surface area contributed by atoms with Gasteiger partial charge in [0, 0.05) is 0 Å². The molecule has 0 amide bonds. The molecule has 0 aliphatic heterocycles. The van der Waals surface area contributed by atoms with E-state index in [2.05, 4.69) is 5.16 Å². The lowest BCUT2D eigenvalue weighted by molar-refractivity contribution is 0.389. The highest BCUT2D eigenvalue weighted by Gasteiger charge is 2.27. The third-order valence-corrected chi connectivity index (χ3v) is 4.09. The molecule has 0 aliphatic carbocycles. The maximum absolute atomic E-state index is 12.9. The molecule has 2 rings (SSSR count). The van der Waals surface area contributed by atoms with Gasteiger partial charge in [0.05, 0.1) is 5.02 Å². The summed E-state index contributed by atoms with van der Waals surface area (Å²) in [6.45, 7) is 2.92. The highest BCUT2D eigenvalue weighted by molar-refractivity contribution is 7.87. The lowest BCUT2D eigenvalue weighted by Crippen LogP contribution is -2.11. The molecule has 2 aromatic rings. The molecule has 1 aromatic heterocycles. The number of hydrogen-bond donors (Lipinski definition) is 0. The molecule has 19 heavy (non-hydrogen) atoms. The molecule has 102 valence electrons. The fourth-order valence-electron chi connectivity index (χ4n) is 1.53. The Morgan fingerprint density at radius 3 is 2.58 bits per heavy atom. The minimum Gasteiger partial charge on any atom is -0.377 e. The van der Waals surface area contributed by atoms with Gasteiger partial charge in [-0.25, -0.2) is 4.39 Å². The van der Waals surface area contributed by atoms with E-state index < -0.39 is 15.9 Å². The summed E-state index contributed by atoms with van der Waals surface area (Å²) < 4.78 is 46.6. The van der Waals surface area contributed by atoms with Crippen molar-refractivity contribution in [2.24, 2.45) is 0 Å². The molecule has 8 heteroatoms. The molecule has 0 N–H and O–H groups in total. The fourth-order valence-corrected chi connectivity index (χ4v) is 3.04. The Morgan fingerprint density at radius 1 is 1.37 bits per heavy atom. The second kappa shape index (κ2) is 4.82. The van der Waals surface area contributed by atoms with Crippen LogP contribution in [0.1, 0.15) is 11.5 Å². The Hall–Kier alpha value is -1.60. The van der Waals surface area contributed by atoms with Gasteiger partial charge in [-0.1, -0.05) is 16.8 Å². The van der Waals surface area contributed by atoms with Crippen LogP contribution in [0, 0.1) is 19.7 Å². The molecule has 0 atom stereocenters. The standard InChI is InChI=1S/C11H9ClFNO4S/c1-6-11(7(2)17-14-6)19(15,16)18-10-4-3-8(13)5-9(10)12/h3-5H,1-2H3. The quantitative estimate of drug-likeness (QED) is 0.816. The molecule has 0 bridgehead atoms. The van der Waals surface area contributed by atoms with Crippen molar-refractivity contribution in [1.29, 1.82) is 0 Å². The summed E-state index contributed by atoms with van der Waals surface area (Å²) in [5, 5.41) is 3.39. The third kappa shape index (κ3) is 2.71. The summed E-state index contributed by atoms with van der Waals surface area (Å²) in [6.07, 6.45) is 0. The van der Waals surface area contributed by atoms with E-state index in [1.807, 2.05) is 0 Å². The van der Waals surface area contributed by atoms with Crippen LogP contribution in [0.5, 0.6) is 5.75 Å². The molecule has 5 nitrogen and oxygen atoms in total. The molecule has 0 aliphatic rings. The normalized spacial score (nSPS) is 11.6. The number of nitrogens with zero attached hydrogens (tertiary/aromatic N) is 1. The Balaban J connectivity index is 2.42. The predicted octanol–water partition coefficient (Wildman–Crippen LogP) is 2.85. The predicted molar refractivity (Wildman–Crippen MR) is 65.2 cm³/mol. The maximum atomic E-state index is 12.9. The van der Waals surface area contributed by atoms with Gasteiger partial charge in [-0.15, -0.1) is 0 Å². The van der Waals surface area contributed by atoms with E-state index >= 15 is 0 Å². The second-order valence-corrected chi connectivity index (χ2v) is 5.66. The molecule has 0 radical (unpaired) electrons. The first kappa shape index (κ1) is 13.8. The number of aryl methyl sites for hydroxylation is 2. The zero-order valence-electron chi connectivity index (χ0n) is 9.98. The third-order valence-electron chi connectivity index (χ3n) is 2.31. The molecule has 0 saturated carbocycles. The summed E-state index contributed by atoms with van der Waals surface area (Å²) in [7, 11) is -4.13. The minimum absolute atomic E-state index is 0.107. The van der Waals surface area contributed by atoms with Crippen molar-refractivity contribution in [3.8, 4) is 5.75 Å². The van der Waals surface area contributed by atoms with Crippen LogP contribution < -0.4 is 4.18 Å². The Labute approximate surface area is 114 Å². The zero-order chi connectivity index (χ0) is 14.2. The van der Waals surface area contributed by atoms with Gasteiger partial charge in [-0.2, -0.15) is 8.42 Å². The van der Waals surface area contributed by atoms with Crippen molar-refractivity contribution in [2.45, 2.75) is 18.7 Å². The SMILES string of the molecule is Cc1noc(C)c1S(=O)(=O)Oc1ccc(F)cc1Cl. The first-order valence-corrected chi connectivity index (χ1v) is 6.92. The largest absolute Gasteiger partial charge is 0.377 e. The van der Waals surface area contributed by atoms with E-state index in [0.717, 1.165) is 18.2 Å². The van der Waals surface area contributed by atoms with Crippen LogP contribution in [-0.2, 0) is 10.1 Å². The van der Waals surface area contributed by atoms with Crippen molar-refractivity contribution >= 4 is 21.7 Å². The van der Waals surface area contributed by atoms with Crippen LogP contribution in [0.15, 0.2) is 27.6 Å². The van der Waals surface area contributed by atoms with Gasteiger partial charge < -0.3 is 8.71 Å². The van der Waals surface area contributed by atoms with Crippen molar-refractivity contribution < 1.29 is 21.5 Å². The molecule has 0 saturated heterocycles. The highest BCUT2D eigenvalue weighted by atomic mass is 35.5. The number of rotatable bonds is 3. The van der Waals surface area contributed by atoms with Crippen LogP contribution in [0.25, 0.3) is 0 Å². The van der Waals surface area contributed by atoms with E-state index in [1.165, 1.54) is 13.8 Å². The monoisotopic (exact) mass is 305 g/mol. The lowest BCUT2D eigenvalue weighted by atomic mass is 10.3. The average molecular weight is 306 g/mol. The van der Waals surface area contributed by atoms with Crippen LogP contribution >= 0.6 is 11.6 Å². The van der Waals surface area contributed by atoms with Gasteiger partial charge >= 0.3 is 10.1 Å². The van der Waals surface area contributed by atoms with E-state index in [1.54, 1.807) is 0 Å². The van der Waals surface area contributed by atoms with Gasteiger partial charge in [0.25, 0.3) is 0 Å². The van der Waals surface area contributed by atoms with Crippen molar-refractivity contribution in [3.05, 3.63) is 40.5 Å². The summed E-state index contributed by atoms with van der Waals surface area (Å²) in [5.74, 6) is -0.647. The van der Waals surface area contributed by atoms with Gasteiger partial charge in [0.1, 0.15) is 11.5 Å². The molecule has 0 fully saturated rings. The summed E-state index contributed by atoms with van der Waals surface area (Å²) in [4.78, 5) is -0.159. The first-order valence-electron chi connectivity index (χ1n) is 5.13. The van der Waals surface area contributed by atoms with Gasteiger partial charge in [-0.05, 0) is 32.0 Å². The fraction of sp³-hybridized carbons (Fsp3) is 0.182. The smallest absolute Gasteiger partial charge is 0.344 e. The molecule has 0 spiro atoms. The average Bonchev–Trinajstić information content (AvgIpc) is 2.63. The molecular weight excluding hydrogens is 297 g/mol. The van der Waals surface area contributed by atoms with Crippen LogP contribution in [0.4, 0.5) is 4.39 Å². The van der Waals surface area contributed by atoms with Gasteiger partial charge in [0.2, 0.25) is 0 Å². The topological polar surface area (TPSA) is 69.4 Å². The van der Waals surface area contributed by atoms with E-state index in [4.69, 9.17) is 20.3 Å². The summed E-state index contributed by atoms with van der Waals surface area (Å²) >= 11 is 5.71. The summed E-state index contributed by atoms with van der Waals surface area (Å²) in [5.41, 5.74) is 0.177.